The van der Waals surface area contributed by atoms with E-state index in [4.69, 9.17) is 0 Å². The Morgan fingerprint density at radius 3 is 3.05 bits per heavy atom. The van der Waals surface area contributed by atoms with Crippen molar-refractivity contribution in [2.45, 2.75) is 39.9 Å². The second-order valence-electron chi connectivity index (χ2n) is 6.03. The summed E-state index contributed by atoms with van der Waals surface area (Å²) in [5, 5.41) is 7.88. The highest BCUT2D eigenvalue weighted by Gasteiger charge is 2.20. The minimum Gasteiger partial charge on any atom is -0.316 e. The van der Waals surface area contributed by atoms with Crippen molar-refractivity contribution >= 4 is 11.3 Å². The zero-order valence-corrected chi connectivity index (χ0v) is 14.3. The summed E-state index contributed by atoms with van der Waals surface area (Å²) < 4.78 is 2.10. The maximum atomic E-state index is 4.40. The van der Waals surface area contributed by atoms with E-state index in [0.29, 0.717) is 0 Å². The topological polar surface area (TPSA) is 46.0 Å². The molecule has 0 spiro atoms. The van der Waals surface area contributed by atoms with Crippen LogP contribution < -0.4 is 5.32 Å². The molecular formula is C16H25N5S. The van der Waals surface area contributed by atoms with Gasteiger partial charge in [0.2, 0.25) is 0 Å². The molecular weight excluding hydrogens is 294 g/mol. The molecule has 0 aliphatic carbocycles. The lowest BCUT2D eigenvalue weighted by Gasteiger charge is -2.25. The fourth-order valence-electron chi connectivity index (χ4n) is 3.11. The zero-order valence-electron chi connectivity index (χ0n) is 13.5. The van der Waals surface area contributed by atoms with Crippen molar-refractivity contribution in [2.24, 2.45) is 5.92 Å². The highest BCUT2D eigenvalue weighted by Crippen LogP contribution is 2.19. The average Bonchev–Trinajstić information content (AvgIpc) is 3.23. The Balaban J connectivity index is 1.71. The fourth-order valence-corrected chi connectivity index (χ4v) is 3.93. The van der Waals surface area contributed by atoms with E-state index >= 15 is 0 Å². The molecule has 1 saturated heterocycles. The lowest BCUT2D eigenvalue weighted by molar-refractivity contribution is 0.216. The number of rotatable bonds is 7. The number of hydrogen-bond acceptors (Lipinski definition) is 5. The van der Waals surface area contributed by atoms with Gasteiger partial charge in [-0.05, 0) is 45.3 Å². The average molecular weight is 319 g/mol. The van der Waals surface area contributed by atoms with Gasteiger partial charge in [0.25, 0.3) is 0 Å². The van der Waals surface area contributed by atoms with Gasteiger partial charge in [0.15, 0.2) is 0 Å². The van der Waals surface area contributed by atoms with Gasteiger partial charge in [-0.15, -0.1) is 11.3 Å². The molecule has 120 valence electrons. The molecule has 2 aromatic rings. The summed E-state index contributed by atoms with van der Waals surface area (Å²) in [6, 6.07) is 2.14. The first-order chi connectivity index (χ1) is 10.8. The van der Waals surface area contributed by atoms with Crippen LogP contribution in [-0.2, 0) is 19.6 Å². The van der Waals surface area contributed by atoms with Gasteiger partial charge in [-0.1, -0.05) is 0 Å². The summed E-state index contributed by atoms with van der Waals surface area (Å²) in [4.78, 5) is 8.33. The van der Waals surface area contributed by atoms with Crippen LogP contribution in [0.1, 0.15) is 29.6 Å². The van der Waals surface area contributed by atoms with Gasteiger partial charge < -0.3 is 5.32 Å². The molecule has 5 nitrogen and oxygen atoms in total. The maximum Gasteiger partial charge on any atom is 0.0798 e. The molecule has 1 aliphatic rings. The number of thiazole rings is 1. The lowest BCUT2D eigenvalue weighted by atomic mass is 10.1. The normalized spacial score (nSPS) is 18.4. The van der Waals surface area contributed by atoms with Crippen molar-refractivity contribution < 1.29 is 0 Å². The summed E-state index contributed by atoms with van der Waals surface area (Å²) >= 11 is 1.77. The van der Waals surface area contributed by atoms with Gasteiger partial charge in [0, 0.05) is 37.3 Å². The molecule has 1 aliphatic heterocycles. The highest BCUT2D eigenvalue weighted by molar-refractivity contribution is 7.09. The zero-order chi connectivity index (χ0) is 15.4. The minimum atomic E-state index is 0.756. The van der Waals surface area contributed by atoms with Crippen LogP contribution in [0.15, 0.2) is 17.8 Å². The molecule has 0 radical (unpaired) electrons. The predicted molar refractivity (Wildman–Crippen MR) is 89.8 cm³/mol. The second kappa shape index (κ2) is 7.35. The number of aromatic nitrogens is 3. The van der Waals surface area contributed by atoms with Crippen molar-refractivity contribution in [3.63, 3.8) is 0 Å². The van der Waals surface area contributed by atoms with Crippen LogP contribution in [0, 0.1) is 12.8 Å². The van der Waals surface area contributed by atoms with Crippen LogP contribution in [0.5, 0.6) is 0 Å². The van der Waals surface area contributed by atoms with E-state index in [-0.39, 0.29) is 0 Å². The number of hydrogen-bond donors (Lipinski definition) is 1. The molecule has 0 amide bonds. The van der Waals surface area contributed by atoms with Crippen molar-refractivity contribution in [3.8, 4) is 0 Å². The van der Waals surface area contributed by atoms with Gasteiger partial charge in [0.1, 0.15) is 0 Å². The first-order valence-corrected chi connectivity index (χ1v) is 8.97. The van der Waals surface area contributed by atoms with Crippen LogP contribution in [-0.4, -0.2) is 39.3 Å². The van der Waals surface area contributed by atoms with Crippen molar-refractivity contribution in [1.82, 2.24) is 25.0 Å². The van der Waals surface area contributed by atoms with Gasteiger partial charge in [-0.3, -0.25) is 9.58 Å². The number of aryl methyl sites for hydroxylation is 2. The maximum absolute atomic E-state index is 4.40. The van der Waals surface area contributed by atoms with Crippen LogP contribution in [0.2, 0.25) is 0 Å². The van der Waals surface area contributed by atoms with Gasteiger partial charge in [0.05, 0.1) is 16.9 Å². The van der Waals surface area contributed by atoms with E-state index in [0.717, 1.165) is 45.2 Å². The Kier molecular flexibility index (Phi) is 5.23. The molecule has 1 N–H and O–H groups in total. The molecule has 1 atom stereocenters. The summed E-state index contributed by atoms with van der Waals surface area (Å²) in [5.41, 5.74) is 4.43. The molecule has 22 heavy (non-hydrogen) atoms. The van der Waals surface area contributed by atoms with E-state index in [9.17, 15) is 0 Å². The van der Waals surface area contributed by atoms with Crippen molar-refractivity contribution in [2.75, 3.05) is 19.6 Å². The van der Waals surface area contributed by atoms with Gasteiger partial charge in [-0.2, -0.15) is 5.10 Å². The molecule has 0 saturated carbocycles. The van der Waals surface area contributed by atoms with Crippen molar-refractivity contribution in [3.05, 3.63) is 34.0 Å². The highest BCUT2D eigenvalue weighted by atomic mass is 32.1. The minimum absolute atomic E-state index is 0.756. The third-order valence-electron chi connectivity index (χ3n) is 4.38. The Morgan fingerprint density at radius 1 is 1.45 bits per heavy atom. The molecule has 2 aromatic heterocycles. The molecule has 1 unspecified atom stereocenters. The third-order valence-corrected chi connectivity index (χ3v) is 5.30. The summed E-state index contributed by atoms with van der Waals surface area (Å²) in [6.45, 7) is 10.6. The first kappa shape index (κ1) is 15.6. The Hall–Kier alpha value is -1.24. The van der Waals surface area contributed by atoms with Crippen molar-refractivity contribution in [1.29, 1.82) is 0 Å². The third kappa shape index (κ3) is 3.74. The van der Waals surface area contributed by atoms with Crippen LogP contribution in [0.3, 0.4) is 0 Å². The van der Waals surface area contributed by atoms with Crippen LogP contribution >= 0.6 is 11.3 Å². The van der Waals surface area contributed by atoms with Gasteiger partial charge >= 0.3 is 0 Å². The fraction of sp³-hybridized carbons (Fsp3) is 0.625. The lowest BCUT2D eigenvalue weighted by Crippen LogP contribution is -2.30. The van der Waals surface area contributed by atoms with E-state index in [2.05, 4.69) is 44.9 Å². The molecule has 6 heteroatoms. The molecule has 0 bridgehead atoms. The molecule has 3 heterocycles. The number of nitrogens with zero attached hydrogens (tertiary/aromatic N) is 4. The summed E-state index contributed by atoms with van der Waals surface area (Å²) in [7, 11) is 0. The summed E-state index contributed by atoms with van der Waals surface area (Å²) in [5.74, 6) is 0.756. The second-order valence-corrected chi connectivity index (χ2v) is 6.97. The Morgan fingerprint density at radius 2 is 2.36 bits per heavy atom. The Bertz CT molecular complexity index is 585. The van der Waals surface area contributed by atoms with E-state index in [1.54, 1.807) is 11.3 Å². The first-order valence-electron chi connectivity index (χ1n) is 8.09. The monoisotopic (exact) mass is 319 g/mol. The van der Waals surface area contributed by atoms with E-state index < -0.39 is 0 Å². The smallest absolute Gasteiger partial charge is 0.0798 e. The molecule has 1 fully saturated rings. The molecule has 0 aromatic carbocycles. The molecule has 3 rings (SSSR count). The van der Waals surface area contributed by atoms with Crippen LogP contribution in [0.4, 0.5) is 0 Å². The number of nitrogens with one attached hydrogen (secondary N) is 1. The van der Waals surface area contributed by atoms with Gasteiger partial charge in [-0.25, -0.2) is 4.98 Å². The van der Waals surface area contributed by atoms with Crippen LogP contribution in [0.25, 0.3) is 0 Å². The Labute approximate surface area is 136 Å². The largest absolute Gasteiger partial charge is 0.316 e. The summed E-state index contributed by atoms with van der Waals surface area (Å²) in [6.07, 6.45) is 3.19. The standard InChI is InChI=1S/C16H25N5S/c1-3-21-15(5-7-19-21)10-20(9-14-4-6-17-8-14)11-16-13(2)18-12-22-16/h5,7,12,14,17H,3-4,6,8-11H2,1-2H3. The van der Waals surface area contributed by atoms with E-state index in [1.807, 2.05) is 11.7 Å². The quantitative estimate of drug-likeness (QED) is 0.850. The SMILES string of the molecule is CCn1nccc1CN(Cc1scnc1C)CC1CCNC1. The van der Waals surface area contributed by atoms with E-state index in [1.165, 1.54) is 22.7 Å². The predicted octanol–water partition coefficient (Wildman–Crippen LogP) is 2.28.